The molecule has 2 aromatic rings. The van der Waals surface area contributed by atoms with Gasteiger partial charge in [-0.15, -0.1) is 0 Å². The third-order valence-electron chi connectivity index (χ3n) is 3.51. The molecule has 12 heteroatoms. The van der Waals surface area contributed by atoms with Gasteiger partial charge in [0.05, 0.1) is 16.9 Å². The molecule has 0 bridgehead atoms. The fourth-order valence-electron chi connectivity index (χ4n) is 2.36. The van der Waals surface area contributed by atoms with Gasteiger partial charge in [-0.05, 0) is 12.1 Å². The molecule has 0 amide bonds. The maximum absolute atomic E-state index is 13.3. The van der Waals surface area contributed by atoms with E-state index in [1.807, 2.05) is 0 Å². The third-order valence-corrected chi connectivity index (χ3v) is 3.51. The van der Waals surface area contributed by atoms with E-state index >= 15 is 0 Å². The summed E-state index contributed by atoms with van der Waals surface area (Å²) in [4.78, 5) is 0. The maximum Gasteiger partial charge on any atom is 0.420 e. The molecule has 142 valence electrons. The highest BCUT2D eigenvalue weighted by Gasteiger charge is 2.44. The van der Waals surface area contributed by atoms with E-state index in [1.54, 1.807) is 0 Å². The number of benzene rings is 2. The number of phenolic OH excluding ortho intramolecular Hbond substituents is 4. The number of hydrogen-bond donors (Lipinski definition) is 6. The van der Waals surface area contributed by atoms with Crippen LogP contribution < -0.4 is 11.5 Å². The number of nitrogens with two attached hydrogens (primary N) is 2. The summed E-state index contributed by atoms with van der Waals surface area (Å²) in [7, 11) is 0. The lowest BCUT2D eigenvalue weighted by Gasteiger charge is -2.22. The molecule has 0 fully saturated rings. The number of hydrogen-bond acceptors (Lipinski definition) is 6. The average Bonchev–Trinajstić information content (AvgIpc) is 2.49. The van der Waals surface area contributed by atoms with E-state index in [4.69, 9.17) is 11.5 Å². The van der Waals surface area contributed by atoms with Crippen LogP contribution in [-0.2, 0) is 12.4 Å². The summed E-state index contributed by atoms with van der Waals surface area (Å²) in [5, 5.41) is 38.4. The Kier molecular flexibility index (Phi) is 4.18. The van der Waals surface area contributed by atoms with Crippen LogP contribution in [0.2, 0.25) is 0 Å². The quantitative estimate of drug-likeness (QED) is 0.193. The van der Waals surface area contributed by atoms with Crippen LogP contribution >= 0.6 is 0 Å². The Morgan fingerprint density at radius 2 is 1.19 bits per heavy atom. The van der Waals surface area contributed by atoms with Crippen molar-refractivity contribution >= 4 is 11.4 Å². The fraction of sp³-hybridized carbons (Fsp3) is 0.143. The molecule has 0 spiro atoms. The number of halogens is 6. The first kappa shape index (κ1) is 19.1. The van der Waals surface area contributed by atoms with Gasteiger partial charge in [-0.3, -0.25) is 0 Å². The summed E-state index contributed by atoms with van der Waals surface area (Å²) in [6.45, 7) is 0. The second kappa shape index (κ2) is 5.68. The number of phenols is 4. The zero-order valence-electron chi connectivity index (χ0n) is 12.4. The largest absolute Gasteiger partial charge is 0.505 e. The average molecular weight is 384 g/mol. The zero-order valence-corrected chi connectivity index (χ0v) is 12.4. The minimum absolute atomic E-state index is 0.297. The van der Waals surface area contributed by atoms with Crippen molar-refractivity contribution in [3.63, 3.8) is 0 Å². The van der Waals surface area contributed by atoms with Crippen LogP contribution in [-0.4, -0.2) is 20.4 Å². The molecule has 2 aromatic carbocycles. The van der Waals surface area contributed by atoms with Gasteiger partial charge in [-0.25, -0.2) is 0 Å². The van der Waals surface area contributed by atoms with Crippen LogP contribution in [0.25, 0.3) is 11.1 Å². The topological polar surface area (TPSA) is 133 Å². The molecule has 2 rings (SSSR count). The molecule has 6 nitrogen and oxygen atoms in total. The van der Waals surface area contributed by atoms with Crippen LogP contribution in [0.4, 0.5) is 37.7 Å². The van der Waals surface area contributed by atoms with Crippen molar-refractivity contribution in [1.82, 2.24) is 0 Å². The second-order valence-electron chi connectivity index (χ2n) is 5.13. The van der Waals surface area contributed by atoms with Crippen molar-refractivity contribution < 1.29 is 46.8 Å². The lowest BCUT2D eigenvalue weighted by Crippen LogP contribution is -2.14. The van der Waals surface area contributed by atoms with E-state index in [9.17, 15) is 46.8 Å². The monoisotopic (exact) mass is 384 g/mol. The number of rotatable bonds is 1. The van der Waals surface area contributed by atoms with Gasteiger partial charge in [0.1, 0.15) is 11.3 Å². The van der Waals surface area contributed by atoms with Crippen LogP contribution in [0.5, 0.6) is 23.0 Å². The Morgan fingerprint density at radius 1 is 0.654 bits per heavy atom. The van der Waals surface area contributed by atoms with Crippen LogP contribution in [0.15, 0.2) is 12.1 Å². The van der Waals surface area contributed by atoms with Gasteiger partial charge in [-0.2, -0.15) is 26.3 Å². The molecule has 0 saturated heterocycles. The predicted molar refractivity (Wildman–Crippen MR) is 77.4 cm³/mol. The SMILES string of the molecule is Nc1ccc(C(F)(F)F)c(-c2c(N)c(O)c(O)c(O)c2C(F)(F)F)c1O. The highest BCUT2D eigenvalue weighted by atomic mass is 19.4. The predicted octanol–water partition coefficient (Wildman–Crippen LogP) is 3.38. The minimum atomic E-state index is -5.52. The summed E-state index contributed by atoms with van der Waals surface area (Å²) >= 11 is 0. The molecule has 0 atom stereocenters. The Hall–Kier alpha value is -3.18. The van der Waals surface area contributed by atoms with Crippen molar-refractivity contribution in [3.05, 3.63) is 23.3 Å². The molecule has 0 saturated carbocycles. The smallest absolute Gasteiger partial charge is 0.420 e. The lowest BCUT2D eigenvalue weighted by atomic mass is 9.90. The zero-order chi connectivity index (χ0) is 20.2. The van der Waals surface area contributed by atoms with E-state index in [-0.39, 0.29) is 0 Å². The van der Waals surface area contributed by atoms with Crippen molar-refractivity contribution in [2.24, 2.45) is 0 Å². The van der Waals surface area contributed by atoms with Crippen LogP contribution in [0.1, 0.15) is 11.1 Å². The first-order valence-corrected chi connectivity index (χ1v) is 6.52. The van der Waals surface area contributed by atoms with E-state index in [2.05, 4.69) is 0 Å². The highest BCUT2D eigenvalue weighted by Crippen LogP contribution is 2.57. The van der Waals surface area contributed by atoms with Crippen LogP contribution in [0.3, 0.4) is 0 Å². The second-order valence-corrected chi connectivity index (χ2v) is 5.13. The van der Waals surface area contributed by atoms with Gasteiger partial charge < -0.3 is 31.9 Å². The Labute approximate surface area is 140 Å². The van der Waals surface area contributed by atoms with Crippen LogP contribution in [0, 0.1) is 0 Å². The molecule has 8 N–H and O–H groups in total. The molecular weight excluding hydrogens is 374 g/mol. The lowest BCUT2D eigenvalue weighted by molar-refractivity contribution is -0.140. The molecular formula is C14H10F6N2O4. The molecule has 0 aromatic heterocycles. The Bertz CT molecular complexity index is 893. The van der Waals surface area contributed by atoms with Crippen molar-refractivity contribution in [2.45, 2.75) is 12.4 Å². The van der Waals surface area contributed by atoms with Crippen molar-refractivity contribution in [3.8, 4) is 34.1 Å². The van der Waals surface area contributed by atoms with E-state index in [1.165, 1.54) is 0 Å². The first-order chi connectivity index (χ1) is 11.7. The molecule has 0 heterocycles. The standard InChI is InChI=1S/C14H10F6N2O4/c15-13(16,17)3-1-2-4(21)9(23)5(3)6-7(14(18,19)20)10(24)12(26)11(25)8(6)22/h1-2,23-26H,21-22H2. The van der Waals surface area contributed by atoms with E-state index in [0.29, 0.717) is 12.1 Å². The minimum Gasteiger partial charge on any atom is -0.505 e. The summed E-state index contributed by atoms with van der Waals surface area (Å²) in [5.41, 5.74) is 1.45. The maximum atomic E-state index is 13.3. The van der Waals surface area contributed by atoms with Gasteiger partial charge in [0.2, 0.25) is 5.75 Å². The Morgan fingerprint density at radius 3 is 1.65 bits per heavy atom. The fourth-order valence-corrected chi connectivity index (χ4v) is 2.36. The summed E-state index contributed by atoms with van der Waals surface area (Å²) in [5.74, 6) is -6.55. The summed E-state index contributed by atoms with van der Waals surface area (Å²) < 4.78 is 79.7. The van der Waals surface area contributed by atoms with Crippen molar-refractivity contribution in [1.29, 1.82) is 0 Å². The molecule has 0 aliphatic carbocycles. The Balaban J connectivity index is 3.16. The van der Waals surface area contributed by atoms with Gasteiger partial charge in [0.25, 0.3) is 0 Å². The molecule has 0 unspecified atom stereocenters. The molecule has 26 heavy (non-hydrogen) atoms. The van der Waals surface area contributed by atoms with Gasteiger partial charge in [0, 0.05) is 11.1 Å². The number of anilines is 2. The van der Waals surface area contributed by atoms with Gasteiger partial charge in [0.15, 0.2) is 11.5 Å². The van der Waals surface area contributed by atoms with Gasteiger partial charge in [-0.1, -0.05) is 0 Å². The summed E-state index contributed by atoms with van der Waals surface area (Å²) in [6, 6.07) is 0.899. The van der Waals surface area contributed by atoms with E-state index < -0.39 is 69.0 Å². The molecule has 0 radical (unpaired) electrons. The van der Waals surface area contributed by atoms with Gasteiger partial charge >= 0.3 is 12.4 Å². The highest BCUT2D eigenvalue weighted by molar-refractivity contribution is 5.94. The number of aromatic hydroxyl groups is 4. The summed E-state index contributed by atoms with van der Waals surface area (Å²) in [6.07, 6.45) is -10.8. The number of nitrogen functional groups attached to an aromatic ring is 2. The number of alkyl halides is 6. The van der Waals surface area contributed by atoms with Crippen molar-refractivity contribution in [2.75, 3.05) is 11.5 Å². The normalized spacial score (nSPS) is 12.4. The molecule has 0 aliphatic heterocycles. The first-order valence-electron chi connectivity index (χ1n) is 6.52. The molecule has 0 aliphatic rings. The van der Waals surface area contributed by atoms with E-state index in [0.717, 1.165) is 0 Å². The third kappa shape index (κ3) is 2.82.